The third-order valence-corrected chi connectivity index (χ3v) is 6.05. The summed E-state index contributed by atoms with van der Waals surface area (Å²) in [5.74, 6) is 2.17. The molecule has 1 aliphatic rings. The van der Waals surface area contributed by atoms with Gasteiger partial charge in [0.25, 0.3) is 5.91 Å². The first-order valence-electron chi connectivity index (χ1n) is 6.58. The van der Waals surface area contributed by atoms with E-state index in [9.17, 15) is 4.79 Å². The zero-order valence-electron chi connectivity index (χ0n) is 11.5. The molecular weight excluding hydrogens is 290 g/mol. The molecule has 3 heterocycles. The van der Waals surface area contributed by atoms with Gasteiger partial charge >= 0.3 is 0 Å². The van der Waals surface area contributed by atoms with Gasteiger partial charge in [-0.05, 0) is 30.7 Å². The summed E-state index contributed by atoms with van der Waals surface area (Å²) in [5.41, 5.74) is 7.85. The molecule has 0 aromatic carbocycles. The van der Waals surface area contributed by atoms with Crippen LogP contribution in [0.15, 0.2) is 12.3 Å². The second-order valence-corrected chi connectivity index (χ2v) is 7.24. The Morgan fingerprint density at radius 1 is 1.55 bits per heavy atom. The number of carbonyl (C=O) groups is 1. The number of pyridine rings is 1. The van der Waals surface area contributed by atoms with Crippen LogP contribution < -0.4 is 5.73 Å². The van der Waals surface area contributed by atoms with Gasteiger partial charge in [0.15, 0.2) is 0 Å². The Balaban J connectivity index is 1.99. The summed E-state index contributed by atoms with van der Waals surface area (Å²) in [6.45, 7) is 2.00. The maximum absolute atomic E-state index is 12.7. The number of nitrogens with two attached hydrogens (primary N) is 1. The predicted molar refractivity (Wildman–Crippen MR) is 86.6 cm³/mol. The fourth-order valence-corrected chi connectivity index (χ4v) is 4.91. The van der Waals surface area contributed by atoms with Crippen LogP contribution in [0.3, 0.4) is 0 Å². The number of thiophene rings is 1. The molecule has 1 atom stereocenters. The van der Waals surface area contributed by atoms with Crippen LogP contribution in [0.4, 0.5) is 5.69 Å². The first-order chi connectivity index (χ1) is 9.59. The van der Waals surface area contributed by atoms with E-state index in [0.29, 0.717) is 16.6 Å². The van der Waals surface area contributed by atoms with E-state index < -0.39 is 0 Å². The first-order valence-corrected chi connectivity index (χ1v) is 8.55. The lowest BCUT2D eigenvalue weighted by Crippen LogP contribution is -2.36. The van der Waals surface area contributed by atoms with Crippen LogP contribution in [0.25, 0.3) is 10.2 Å². The number of rotatable bonds is 2. The maximum atomic E-state index is 12.7. The maximum Gasteiger partial charge on any atom is 0.266 e. The van der Waals surface area contributed by atoms with Crippen molar-refractivity contribution < 1.29 is 4.79 Å². The van der Waals surface area contributed by atoms with E-state index in [1.165, 1.54) is 11.3 Å². The Hall–Kier alpha value is -1.27. The van der Waals surface area contributed by atoms with E-state index in [2.05, 4.69) is 4.98 Å². The highest BCUT2D eigenvalue weighted by Crippen LogP contribution is 2.35. The number of thioether (sulfide) groups is 1. The standard InChI is InChI=1S/C14H17N3OS2/c1-8-3-5-16-13-10(8)11(15)12(20-13)14(18)17(2)9-4-6-19-7-9/h3,5,9H,4,6-7,15H2,1-2H3. The summed E-state index contributed by atoms with van der Waals surface area (Å²) in [6.07, 6.45) is 2.83. The molecule has 1 amide bonds. The molecule has 106 valence electrons. The molecule has 0 saturated carbocycles. The zero-order chi connectivity index (χ0) is 14.3. The van der Waals surface area contributed by atoms with Gasteiger partial charge in [-0.1, -0.05) is 0 Å². The largest absolute Gasteiger partial charge is 0.397 e. The van der Waals surface area contributed by atoms with Gasteiger partial charge in [-0.2, -0.15) is 11.8 Å². The number of fused-ring (bicyclic) bond motifs is 1. The summed E-state index contributed by atoms with van der Waals surface area (Å²) in [5, 5.41) is 0.926. The van der Waals surface area contributed by atoms with Crippen molar-refractivity contribution in [3.05, 3.63) is 22.7 Å². The van der Waals surface area contributed by atoms with Crippen molar-refractivity contribution in [1.29, 1.82) is 0 Å². The lowest BCUT2D eigenvalue weighted by molar-refractivity contribution is 0.0754. The molecule has 0 radical (unpaired) electrons. The molecule has 3 rings (SSSR count). The molecule has 1 aliphatic heterocycles. The summed E-state index contributed by atoms with van der Waals surface area (Å²) in [6, 6.07) is 2.25. The Morgan fingerprint density at radius 2 is 2.35 bits per heavy atom. The third-order valence-electron chi connectivity index (χ3n) is 3.81. The van der Waals surface area contributed by atoms with E-state index in [1.54, 1.807) is 6.20 Å². The number of hydrogen-bond acceptors (Lipinski definition) is 5. The highest BCUT2D eigenvalue weighted by molar-refractivity contribution is 7.99. The lowest BCUT2D eigenvalue weighted by atomic mass is 10.1. The molecule has 1 fully saturated rings. The van der Waals surface area contributed by atoms with Gasteiger partial charge in [-0.25, -0.2) is 4.98 Å². The molecule has 0 spiro atoms. The number of amides is 1. The smallest absolute Gasteiger partial charge is 0.266 e. The number of anilines is 1. The van der Waals surface area contributed by atoms with Crippen LogP contribution in [0.1, 0.15) is 21.7 Å². The Morgan fingerprint density at radius 3 is 3.00 bits per heavy atom. The van der Waals surface area contributed by atoms with Crippen molar-refractivity contribution in [2.75, 3.05) is 24.3 Å². The number of aryl methyl sites for hydroxylation is 1. The summed E-state index contributed by atoms with van der Waals surface area (Å²) >= 11 is 3.30. The number of aromatic nitrogens is 1. The molecule has 1 unspecified atom stereocenters. The number of hydrogen-bond donors (Lipinski definition) is 1. The minimum atomic E-state index is 0.0254. The highest BCUT2D eigenvalue weighted by Gasteiger charge is 2.28. The second-order valence-electron chi connectivity index (χ2n) is 5.09. The highest BCUT2D eigenvalue weighted by atomic mass is 32.2. The number of carbonyl (C=O) groups excluding carboxylic acids is 1. The van der Waals surface area contributed by atoms with Gasteiger partial charge in [0, 0.05) is 30.4 Å². The van der Waals surface area contributed by atoms with Gasteiger partial charge in [0.2, 0.25) is 0 Å². The monoisotopic (exact) mass is 307 g/mol. The number of nitrogen functional groups attached to an aromatic ring is 1. The topological polar surface area (TPSA) is 59.2 Å². The Kier molecular flexibility index (Phi) is 3.60. The normalized spacial score (nSPS) is 18.6. The van der Waals surface area contributed by atoms with Gasteiger partial charge in [-0.15, -0.1) is 11.3 Å². The van der Waals surface area contributed by atoms with Crippen LogP contribution in [0.5, 0.6) is 0 Å². The molecule has 2 aromatic rings. The van der Waals surface area contributed by atoms with Gasteiger partial charge < -0.3 is 10.6 Å². The molecular formula is C14H17N3OS2. The minimum Gasteiger partial charge on any atom is -0.397 e. The van der Waals surface area contributed by atoms with Crippen LogP contribution in [-0.4, -0.2) is 40.4 Å². The SMILES string of the molecule is Cc1ccnc2sc(C(=O)N(C)C3CCSC3)c(N)c12. The Bertz CT molecular complexity index is 662. The molecule has 4 nitrogen and oxygen atoms in total. The van der Waals surface area contributed by atoms with Crippen molar-refractivity contribution in [2.45, 2.75) is 19.4 Å². The summed E-state index contributed by atoms with van der Waals surface area (Å²) in [7, 11) is 1.88. The summed E-state index contributed by atoms with van der Waals surface area (Å²) in [4.78, 5) is 20.3. The average Bonchev–Trinajstić information content (AvgIpc) is 3.06. The molecule has 0 bridgehead atoms. The van der Waals surface area contributed by atoms with Crippen molar-refractivity contribution in [1.82, 2.24) is 9.88 Å². The van der Waals surface area contributed by atoms with Gasteiger partial charge in [0.1, 0.15) is 9.71 Å². The molecule has 2 N–H and O–H groups in total. The zero-order valence-corrected chi connectivity index (χ0v) is 13.2. The van der Waals surface area contributed by atoms with Crippen molar-refractivity contribution in [3.63, 3.8) is 0 Å². The van der Waals surface area contributed by atoms with Crippen LogP contribution in [0, 0.1) is 6.92 Å². The average molecular weight is 307 g/mol. The lowest BCUT2D eigenvalue weighted by Gasteiger charge is -2.23. The van der Waals surface area contributed by atoms with Crippen molar-refractivity contribution in [3.8, 4) is 0 Å². The van der Waals surface area contributed by atoms with Gasteiger partial charge in [-0.3, -0.25) is 4.79 Å². The fourth-order valence-electron chi connectivity index (χ4n) is 2.52. The molecule has 20 heavy (non-hydrogen) atoms. The molecule has 2 aromatic heterocycles. The van der Waals surface area contributed by atoms with Gasteiger partial charge in [0.05, 0.1) is 5.69 Å². The van der Waals surface area contributed by atoms with Crippen molar-refractivity contribution >= 4 is 44.9 Å². The van der Waals surface area contributed by atoms with Crippen LogP contribution in [0.2, 0.25) is 0 Å². The van der Waals surface area contributed by atoms with E-state index in [-0.39, 0.29) is 5.91 Å². The predicted octanol–water partition coefficient (Wildman–Crippen LogP) is 2.76. The molecule has 6 heteroatoms. The molecule has 0 aliphatic carbocycles. The first kappa shape index (κ1) is 13.7. The third kappa shape index (κ3) is 2.16. The van der Waals surface area contributed by atoms with Crippen LogP contribution in [-0.2, 0) is 0 Å². The van der Waals surface area contributed by atoms with E-state index in [0.717, 1.165) is 33.7 Å². The quantitative estimate of drug-likeness (QED) is 0.927. The van der Waals surface area contributed by atoms with E-state index >= 15 is 0 Å². The number of nitrogens with zero attached hydrogens (tertiary/aromatic N) is 2. The second kappa shape index (κ2) is 5.26. The molecule has 1 saturated heterocycles. The summed E-state index contributed by atoms with van der Waals surface area (Å²) < 4.78 is 0. The Labute approximate surface area is 126 Å². The van der Waals surface area contributed by atoms with E-state index in [4.69, 9.17) is 5.73 Å². The van der Waals surface area contributed by atoms with E-state index in [1.807, 2.05) is 36.7 Å². The fraction of sp³-hybridized carbons (Fsp3) is 0.429. The van der Waals surface area contributed by atoms with Crippen LogP contribution >= 0.6 is 23.1 Å². The van der Waals surface area contributed by atoms with Crippen molar-refractivity contribution in [2.24, 2.45) is 0 Å². The minimum absolute atomic E-state index is 0.0254.